The Morgan fingerprint density at radius 2 is 1.76 bits per heavy atom. The molecule has 3 aromatic carbocycles. The van der Waals surface area contributed by atoms with Crippen LogP contribution in [-0.2, 0) is 6.54 Å². The monoisotopic (exact) mass is 440 g/mol. The summed E-state index contributed by atoms with van der Waals surface area (Å²) in [6.07, 6.45) is 3.48. The third-order valence-corrected chi connectivity index (χ3v) is 5.45. The summed E-state index contributed by atoms with van der Waals surface area (Å²) in [5, 5.41) is 4.63. The maximum atomic E-state index is 13.7. The van der Waals surface area contributed by atoms with Gasteiger partial charge in [-0.3, -0.25) is 4.79 Å². The Morgan fingerprint density at radius 3 is 2.52 bits per heavy atom. The average Bonchev–Trinajstić information content (AvgIpc) is 2.80. The molecule has 4 rings (SSSR count). The van der Waals surface area contributed by atoms with E-state index in [1.807, 2.05) is 62.4 Å². The van der Waals surface area contributed by atoms with Crippen molar-refractivity contribution in [2.75, 3.05) is 7.11 Å². The fraction of sp³-hybridized carbons (Fsp3) is 0.143. The summed E-state index contributed by atoms with van der Waals surface area (Å²) in [6.45, 7) is 4.25. The van der Waals surface area contributed by atoms with Gasteiger partial charge in [0.25, 0.3) is 5.56 Å². The zero-order chi connectivity index (χ0) is 23.4. The van der Waals surface area contributed by atoms with Crippen molar-refractivity contribution in [2.24, 2.45) is 0 Å². The van der Waals surface area contributed by atoms with Crippen LogP contribution in [0.5, 0.6) is 5.75 Å². The zero-order valence-electron chi connectivity index (χ0n) is 18.9. The minimum atomic E-state index is -0.329. The van der Waals surface area contributed by atoms with E-state index in [1.54, 1.807) is 31.4 Å². The molecule has 0 N–H and O–H groups in total. The molecule has 0 saturated heterocycles. The number of methoxy groups -OCH3 is 1. The van der Waals surface area contributed by atoms with Gasteiger partial charge in [-0.1, -0.05) is 66.2 Å². The second-order valence-corrected chi connectivity index (χ2v) is 7.91. The molecule has 1 aromatic heterocycles. The summed E-state index contributed by atoms with van der Waals surface area (Å²) in [5.74, 6) is 0.323. The summed E-state index contributed by atoms with van der Waals surface area (Å²) in [7, 11) is 1.60. The van der Waals surface area contributed by atoms with Gasteiger partial charge in [-0.05, 0) is 49.2 Å². The fourth-order valence-electron chi connectivity index (χ4n) is 3.94. The van der Waals surface area contributed by atoms with E-state index in [0.29, 0.717) is 34.7 Å². The Balaban J connectivity index is 1.90. The number of benzene rings is 3. The number of halogens is 1. The molecule has 166 valence electrons. The first-order valence-electron chi connectivity index (χ1n) is 10.7. The topological polar surface area (TPSA) is 44.1 Å². The Hall–Kier alpha value is -3.99. The van der Waals surface area contributed by atoms with Crippen molar-refractivity contribution in [1.82, 2.24) is 9.78 Å². The quantitative estimate of drug-likeness (QED) is 0.375. The van der Waals surface area contributed by atoms with Crippen molar-refractivity contribution in [3.8, 4) is 16.9 Å². The van der Waals surface area contributed by atoms with Gasteiger partial charge < -0.3 is 4.74 Å². The Bertz CT molecular complexity index is 1390. The molecule has 1 heterocycles. The van der Waals surface area contributed by atoms with E-state index in [9.17, 15) is 9.18 Å². The normalized spacial score (nSPS) is 11.2. The third kappa shape index (κ3) is 4.93. The Morgan fingerprint density at radius 1 is 0.970 bits per heavy atom. The lowest BCUT2D eigenvalue weighted by Gasteiger charge is -2.16. The second kappa shape index (κ2) is 9.65. The van der Waals surface area contributed by atoms with Crippen LogP contribution in [-0.4, -0.2) is 16.9 Å². The Kier molecular flexibility index (Phi) is 6.50. The van der Waals surface area contributed by atoms with Gasteiger partial charge in [0.05, 0.1) is 24.9 Å². The van der Waals surface area contributed by atoms with E-state index in [4.69, 9.17) is 4.74 Å². The number of ether oxygens (including phenoxy) is 1. The van der Waals surface area contributed by atoms with Crippen molar-refractivity contribution in [3.63, 3.8) is 0 Å². The minimum absolute atomic E-state index is 0.226. The summed E-state index contributed by atoms with van der Waals surface area (Å²) in [4.78, 5) is 13.6. The summed E-state index contributed by atoms with van der Waals surface area (Å²) in [5.41, 5.74) is 5.21. The number of aryl methyl sites for hydroxylation is 2. The second-order valence-electron chi connectivity index (χ2n) is 7.91. The van der Waals surface area contributed by atoms with Crippen molar-refractivity contribution < 1.29 is 9.13 Å². The van der Waals surface area contributed by atoms with Crippen LogP contribution in [0.15, 0.2) is 77.6 Å². The minimum Gasteiger partial charge on any atom is -0.496 e. The smallest absolute Gasteiger partial charge is 0.274 e. The van der Waals surface area contributed by atoms with Crippen molar-refractivity contribution in [1.29, 1.82) is 0 Å². The lowest BCUT2D eigenvalue weighted by molar-refractivity contribution is 0.416. The van der Waals surface area contributed by atoms with Gasteiger partial charge in [0.2, 0.25) is 0 Å². The lowest BCUT2D eigenvalue weighted by atomic mass is 9.97. The first kappa shape index (κ1) is 22.2. The first-order chi connectivity index (χ1) is 16.0. The van der Waals surface area contributed by atoms with Crippen LogP contribution >= 0.6 is 0 Å². The molecule has 0 aliphatic rings. The van der Waals surface area contributed by atoms with E-state index in [1.165, 1.54) is 16.8 Å². The van der Waals surface area contributed by atoms with Crippen LogP contribution in [0.25, 0.3) is 23.3 Å². The van der Waals surface area contributed by atoms with Gasteiger partial charge in [0.1, 0.15) is 11.6 Å². The van der Waals surface area contributed by atoms with Gasteiger partial charge >= 0.3 is 0 Å². The third-order valence-electron chi connectivity index (χ3n) is 5.45. The molecule has 33 heavy (non-hydrogen) atoms. The lowest BCUT2D eigenvalue weighted by Crippen LogP contribution is -2.27. The number of aromatic nitrogens is 2. The van der Waals surface area contributed by atoms with E-state index < -0.39 is 0 Å². The van der Waals surface area contributed by atoms with Crippen LogP contribution in [0.2, 0.25) is 0 Å². The molecule has 0 atom stereocenters. The van der Waals surface area contributed by atoms with Gasteiger partial charge in [-0.2, -0.15) is 5.10 Å². The summed E-state index contributed by atoms with van der Waals surface area (Å²) in [6, 6.07) is 21.8. The molecule has 0 aliphatic carbocycles. The molecule has 0 radical (unpaired) electrons. The molecule has 0 bridgehead atoms. The SMILES string of the molecule is COc1ccccc1-c1c(C)nn(Cc2cccc(C)c2)c(=O)c1C=Cc1cccc(F)c1. The predicted octanol–water partition coefficient (Wildman–Crippen LogP) is 5.89. The van der Waals surface area contributed by atoms with Crippen LogP contribution in [0.4, 0.5) is 4.39 Å². The van der Waals surface area contributed by atoms with Crippen LogP contribution in [0.3, 0.4) is 0 Å². The first-order valence-corrected chi connectivity index (χ1v) is 10.7. The van der Waals surface area contributed by atoms with E-state index in [-0.39, 0.29) is 11.4 Å². The number of hydrogen-bond donors (Lipinski definition) is 0. The summed E-state index contributed by atoms with van der Waals surface area (Å²) < 4.78 is 20.7. The van der Waals surface area contributed by atoms with Crippen LogP contribution in [0, 0.1) is 19.7 Å². The fourth-order valence-corrected chi connectivity index (χ4v) is 3.94. The summed E-state index contributed by atoms with van der Waals surface area (Å²) >= 11 is 0. The number of rotatable bonds is 6. The largest absolute Gasteiger partial charge is 0.496 e. The highest BCUT2D eigenvalue weighted by Gasteiger charge is 2.18. The number of para-hydroxylation sites is 1. The maximum Gasteiger partial charge on any atom is 0.274 e. The van der Waals surface area contributed by atoms with E-state index >= 15 is 0 Å². The van der Waals surface area contributed by atoms with Crippen molar-refractivity contribution in [2.45, 2.75) is 20.4 Å². The molecule has 5 heteroatoms. The molecule has 4 aromatic rings. The zero-order valence-corrected chi connectivity index (χ0v) is 18.9. The highest BCUT2D eigenvalue weighted by Crippen LogP contribution is 2.33. The molecule has 0 spiro atoms. The van der Waals surface area contributed by atoms with Gasteiger partial charge in [-0.15, -0.1) is 0 Å². The molecule has 4 nitrogen and oxygen atoms in total. The molecule has 0 fully saturated rings. The average molecular weight is 441 g/mol. The highest BCUT2D eigenvalue weighted by atomic mass is 19.1. The van der Waals surface area contributed by atoms with Crippen LogP contribution < -0.4 is 10.3 Å². The predicted molar refractivity (Wildman–Crippen MR) is 131 cm³/mol. The van der Waals surface area contributed by atoms with Crippen molar-refractivity contribution >= 4 is 12.2 Å². The number of hydrogen-bond acceptors (Lipinski definition) is 3. The molecular weight excluding hydrogens is 415 g/mol. The standard InChI is InChI=1S/C28H25FN2O2/c1-19-8-6-10-22(16-19)18-31-28(32)25(15-14-21-9-7-11-23(29)17-21)27(20(2)30-31)24-12-4-5-13-26(24)33-3/h4-17H,18H2,1-3H3. The van der Waals surface area contributed by atoms with Gasteiger partial charge in [0.15, 0.2) is 0 Å². The number of nitrogens with zero attached hydrogens (tertiary/aromatic N) is 2. The van der Waals surface area contributed by atoms with E-state index in [2.05, 4.69) is 5.10 Å². The highest BCUT2D eigenvalue weighted by molar-refractivity contribution is 5.84. The van der Waals surface area contributed by atoms with Crippen LogP contribution in [0.1, 0.15) is 27.9 Å². The molecular formula is C28H25FN2O2. The molecule has 0 unspecified atom stereocenters. The van der Waals surface area contributed by atoms with Gasteiger partial charge in [0, 0.05) is 11.1 Å². The maximum absolute atomic E-state index is 13.7. The van der Waals surface area contributed by atoms with Gasteiger partial charge in [-0.25, -0.2) is 9.07 Å². The molecule has 0 amide bonds. The molecule has 0 aliphatic heterocycles. The van der Waals surface area contributed by atoms with Crippen molar-refractivity contribution in [3.05, 3.63) is 117 Å². The Labute approximate surface area is 192 Å². The van der Waals surface area contributed by atoms with E-state index in [0.717, 1.165) is 16.7 Å². The molecule has 0 saturated carbocycles.